The lowest BCUT2D eigenvalue weighted by molar-refractivity contribution is 0.173. The lowest BCUT2D eigenvalue weighted by Gasteiger charge is -2.41. The summed E-state index contributed by atoms with van der Waals surface area (Å²) in [6.07, 6.45) is 14.0. The van der Waals surface area contributed by atoms with E-state index in [1.807, 2.05) is 29.0 Å². The van der Waals surface area contributed by atoms with Crippen molar-refractivity contribution in [3.63, 3.8) is 0 Å². The number of pyridine rings is 1. The Morgan fingerprint density at radius 1 is 0.912 bits per heavy atom. The van der Waals surface area contributed by atoms with Crippen molar-refractivity contribution < 1.29 is 4.74 Å². The Morgan fingerprint density at radius 3 is 2.41 bits per heavy atom. The number of anilines is 2. The van der Waals surface area contributed by atoms with Crippen molar-refractivity contribution in [2.75, 3.05) is 43.2 Å². The van der Waals surface area contributed by atoms with Crippen LogP contribution in [0.25, 0.3) is 5.82 Å². The summed E-state index contributed by atoms with van der Waals surface area (Å²) in [5.41, 5.74) is 1.56. The number of ether oxygens (including phenoxy) is 1. The molecule has 4 aromatic rings. The highest BCUT2D eigenvalue weighted by Gasteiger charge is 2.29. The van der Waals surface area contributed by atoms with Crippen LogP contribution in [0.4, 0.5) is 11.9 Å². The molecule has 1 aliphatic rings. The number of aromatic nitrogens is 7. The molecule has 4 aromatic heterocycles. The first-order valence-electron chi connectivity index (χ1n) is 10.9. The highest BCUT2D eigenvalue weighted by Crippen LogP contribution is 2.19. The summed E-state index contributed by atoms with van der Waals surface area (Å²) in [5, 5.41) is 0. The first kappa shape index (κ1) is 21.5. The monoisotopic (exact) mass is 453 g/mol. The second kappa shape index (κ2) is 10.1. The molecular weight excluding hydrogens is 430 g/mol. The number of piperazine rings is 1. The molecule has 0 radical (unpaired) electrons. The van der Waals surface area contributed by atoms with Crippen molar-refractivity contribution in [3.8, 4) is 17.7 Å². The first-order chi connectivity index (χ1) is 16.8. The van der Waals surface area contributed by atoms with Gasteiger partial charge < -0.3 is 14.5 Å². The standard InChI is InChI=1S/C24H23N9O/c1-34-17-21-16-31(11-12-33(21)24-26-7-2-8-27-24)23-29-14-20(15-30-23)4-3-19-5-6-22(28-13-19)32-10-9-25-18-32/h2,5-10,13-15,18,21H,11-12,16-17H2,1H3/t21-/m1/s1. The molecule has 0 N–H and O–H groups in total. The highest BCUT2D eigenvalue weighted by molar-refractivity contribution is 5.44. The van der Waals surface area contributed by atoms with Crippen molar-refractivity contribution in [2.24, 2.45) is 0 Å². The number of imidazole rings is 1. The minimum absolute atomic E-state index is 0.0991. The normalized spacial score (nSPS) is 15.6. The van der Waals surface area contributed by atoms with Crippen LogP contribution < -0.4 is 9.80 Å². The van der Waals surface area contributed by atoms with E-state index in [-0.39, 0.29) is 6.04 Å². The summed E-state index contributed by atoms with van der Waals surface area (Å²) < 4.78 is 7.29. The van der Waals surface area contributed by atoms with Crippen molar-refractivity contribution in [1.29, 1.82) is 0 Å². The second-order valence-corrected chi connectivity index (χ2v) is 7.69. The quantitative estimate of drug-likeness (QED) is 0.417. The fourth-order valence-corrected chi connectivity index (χ4v) is 3.78. The smallest absolute Gasteiger partial charge is 0.225 e. The van der Waals surface area contributed by atoms with E-state index >= 15 is 0 Å². The Bertz CT molecular complexity index is 1250. The lowest BCUT2D eigenvalue weighted by atomic mass is 10.2. The molecule has 10 nitrogen and oxygen atoms in total. The van der Waals surface area contributed by atoms with Gasteiger partial charge in [-0.15, -0.1) is 0 Å². The summed E-state index contributed by atoms with van der Waals surface area (Å²) in [7, 11) is 1.70. The number of hydrogen-bond acceptors (Lipinski definition) is 9. The van der Waals surface area contributed by atoms with Crippen LogP contribution >= 0.6 is 0 Å². The van der Waals surface area contributed by atoms with Gasteiger partial charge in [0.05, 0.1) is 18.2 Å². The molecule has 0 amide bonds. The van der Waals surface area contributed by atoms with E-state index in [1.54, 1.807) is 50.6 Å². The molecule has 10 heteroatoms. The molecule has 5 rings (SSSR count). The molecule has 5 heterocycles. The Balaban J connectivity index is 1.25. The molecule has 0 aromatic carbocycles. The summed E-state index contributed by atoms with van der Waals surface area (Å²) >= 11 is 0. The largest absolute Gasteiger partial charge is 0.382 e. The van der Waals surface area contributed by atoms with E-state index in [1.165, 1.54) is 0 Å². The molecule has 170 valence electrons. The van der Waals surface area contributed by atoms with Gasteiger partial charge in [-0.1, -0.05) is 11.8 Å². The molecule has 1 atom stereocenters. The van der Waals surface area contributed by atoms with Gasteiger partial charge in [-0.25, -0.2) is 29.9 Å². The predicted molar refractivity (Wildman–Crippen MR) is 127 cm³/mol. The van der Waals surface area contributed by atoms with Crippen LogP contribution in [-0.4, -0.2) is 73.9 Å². The van der Waals surface area contributed by atoms with E-state index < -0.39 is 0 Å². The van der Waals surface area contributed by atoms with Crippen LogP contribution in [0.15, 0.2) is 67.9 Å². The zero-order valence-corrected chi connectivity index (χ0v) is 18.7. The van der Waals surface area contributed by atoms with Crippen molar-refractivity contribution in [2.45, 2.75) is 6.04 Å². The van der Waals surface area contributed by atoms with Crippen molar-refractivity contribution >= 4 is 11.9 Å². The van der Waals surface area contributed by atoms with E-state index in [4.69, 9.17) is 4.74 Å². The van der Waals surface area contributed by atoms with E-state index in [2.05, 4.69) is 51.5 Å². The summed E-state index contributed by atoms with van der Waals surface area (Å²) in [5.74, 6) is 8.39. The van der Waals surface area contributed by atoms with Crippen LogP contribution in [0.5, 0.6) is 0 Å². The van der Waals surface area contributed by atoms with Crippen molar-refractivity contribution in [1.82, 2.24) is 34.5 Å². The second-order valence-electron chi connectivity index (χ2n) is 7.69. The maximum atomic E-state index is 5.45. The van der Waals surface area contributed by atoms with Crippen LogP contribution in [0.2, 0.25) is 0 Å². The number of hydrogen-bond donors (Lipinski definition) is 0. The Labute approximate surface area is 197 Å². The Morgan fingerprint density at radius 2 is 1.71 bits per heavy atom. The molecule has 0 bridgehead atoms. The summed E-state index contributed by atoms with van der Waals surface area (Å²) in [6, 6.07) is 5.75. The van der Waals surface area contributed by atoms with Gasteiger partial charge >= 0.3 is 0 Å². The van der Waals surface area contributed by atoms with E-state index in [0.717, 1.165) is 30.0 Å². The molecule has 0 unspecified atom stereocenters. The van der Waals surface area contributed by atoms with Gasteiger partial charge in [0.25, 0.3) is 0 Å². The number of methoxy groups -OCH3 is 1. The van der Waals surface area contributed by atoms with Gasteiger partial charge in [-0.05, 0) is 18.2 Å². The molecule has 0 spiro atoms. The van der Waals surface area contributed by atoms with E-state index in [9.17, 15) is 0 Å². The van der Waals surface area contributed by atoms with Gasteiger partial charge in [0, 0.05) is 75.7 Å². The SMILES string of the molecule is COC[C@H]1CN(c2ncc(C#Cc3ccc(-n4ccnc4)nc3)cn2)CCN1c1ncccn1. The zero-order valence-electron chi connectivity index (χ0n) is 18.7. The minimum Gasteiger partial charge on any atom is -0.382 e. The van der Waals surface area contributed by atoms with Gasteiger partial charge in [0.2, 0.25) is 11.9 Å². The number of rotatable bonds is 5. The van der Waals surface area contributed by atoms with Crippen LogP contribution in [0.3, 0.4) is 0 Å². The van der Waals surface area contributed by atoms with Gasteiger partial charge in [0.15, 0.2) is 0 Å². The third-order valence-electron chi connectivity index (χ3n) is 5.44. The number of nitrogens with zero attached hydrogens (tertiary/aromatic N) is 9. The Kier molecular flexibility index (Phi) is 6.36. The maximum absolute atomic E-state index is 5.45. The maximum Gasteiger partial charge on any atom is 0.225 e. The average Bonchev–Trinajstić information content (AvgIpc) is 3.44. The fraction of sp³-hybridized carbons (Fsp3) is 0.250. The molecule has 0 saturated carbocycles. The van der Waals surface area contributed by atoms with Crippen LogP contribution in [0, 0.1) is 11.8 Å². The predicted octanol–water partition coefficient (Wildman–Crippen LogP) is 1.59. The van der Waals surface area contributed by atoms with Crippen LogP contribution in [0.1, 0.15) is 11.1 Å². The summed E-state index contributed by atoms with van der Waals surface area (Å²) in [6.45, 7) is 2.79. The molecular formula is C24H23N9O. The van der Waals surface area contributed by atoms with Gasteiger partial charge in [0.1, 0.15) is 12.1 Å². The molecule has 0 aliphatic carbocycles. The molecule has 1 saturated heterocycles. The Hall–Kier alpha value is -4.36. The highest BCUT2D eigenvalue weighted by atomic mass is 16.5. The van der Waals surface area contributed by atoms with Crippen LogP contribution in [-0.2, 0) is 4.74 Å². The fourth-order valence-electron chi connectivity index (χ4n) is 3.78. The zero-order chi connectivity index (χ0) is 23.2. The van der Waals surface area contributed by atoms with Gasteiger partial charge in [-0.3, -0.25) is 4.57 Å². The molecule has 34 heavy (non-hydrogen) atoms. The lowest BCUT2D eigenvalue weighted by Crippen LogP contribution is -2.56. The topological polar surface area (TPSA) is 98.0 Å². The molecule has 1 fully saturated rings. The molecule has 1 aliphatic heterocycles. The summed E-state index contributed by atoms with van der Waals surface area (Å²) in [4.78, 5) is 30.7. The average molecular weight is 454 g/mol. The van der Waals surface area contributed by atoms with Crippen molar-refractivity contribution in [3.05, 3.63) is 79.0 Å². The minimum atomic E-state index is 0.0991. The third kappa shape index (κ3) is 4.84. The third-order valence-corrected chi connectivity index (χ3v) is 5.44. The van der Waals surface area contributed by atoms with E-state index in [0.29, 0.717) is 25.0 Å². The van der Waals surface area contributed by atoms with Gasteiger partial charge in [-0.2, -0.15) is 0 Å². The first-order valence-corrected chi connectivity index (χ1v) is 10.9.